The monoisotopic (exact) mass is 267 g/mol. The van der Waals surface area contributed by atoms with Crippen LogP contribution < -0.4 is 0 Å². The molecule has 1 aliphatic heterocycles. The quantitative estimate of drug-likeness (QED) is 0.894. The molecule has 1 aromatic carbocycles. The van der Waals surface area contributed by atoms with Gasteiger partial charge in [-0.3, -0.25) is 9.59 Å². The molecule has 0 radical (unpaired) electrons. The molecule has 0 unspecified atom stereocenters. The Morgan fingerprint density at radius 3 is 2.72 bits per heavy atom. The maximum atomic E-state index is 12.2. The molecule has 1 fully saturated rings. The van der Waals surface area contributed by atoms with Crippen molar-refractivity contribution in [2.24, 2.45) is 5.92 Å². The number of aliphatic carboxylic acids is 1. The van der Waals surface area contributed by atoms with Crippen molar-refractivity contribution in [2.45, 2.75) is 13.3 Å². The van der Waals surface area contributed by atoms with Crippen LogP contribution in [0, 0.1) is 12.8 Å². The summed E-state index contributed by atoms with van der Waals surface area (Å²) >= 11 is 5.98. The Morgan fingerprint density at radius 1 is 1.44 bits per heavy atom. The highest BCUT2D eigenvalue weighted by molar-refractivity contribution is 6.31. The molecule has 1 N–H and O–H groups in total. The number of carboxylic acids is 1. The Morgan fingerprint density at radius 2 is 2.17 bits per heavy atom. The molecule has 0 saturated carbocycles. The van der Waals surface area contributed by atoms with Gasteiger partial charge in [-0.25, -0.2) is 0 Å². The number of rotatable bonds is 2. The fourth-order valence-electron chi connectivity index (χ4n) is 2.05. The Bertz CT molecular complexity index is 501. The van der Waals surface area contributed by atoms with E-state index in [2.05, 4.69) is 0 Å². The molecule has 1 aromatic rings. The van der Waals surface area contributed by atoms with Crippen molar-refractivity contribution in [3.8, 4) is 0 Å². The largest absolute Gasteiger partial charge is 0.481 e. The highest BCUT2D eigenvalue weighted by Crippen LogP contribution is 2.22. The molecular weight excluding hydrogens is 254 g/mol. The maximum absolute atomic E-state index is 12.2. The maximum Gasteiger partial charge on any atom is 0.308 e. The van der Waals surface area contributed by atoms with Crippen molar-refractivity contribution in [1.29, 1.82) is 0 Å². The van der Waals surface area contributed by atoms with Gasteiger partial charge < -0.3 is 10.0 Å². The fraction of sp³-hybridized carbons (Fsp3) is 0.385. The summed E-state index contributed by atoms with van der Waals surface area (Å²) in [6, 6.07) is 5.14. The van der Waals surface area contributed by atoms with E-state index in [-0.39, 0.29) is 12.5 Å². The summed E-state index contributed by atoms with van der Waals surface area (Å²) in [5.41, 5.74) is 1.43. The predicted octanol–water partition coefficient (Wildman–Crippen LogP) is 2.20. The van der Waals surface area contributed by atoms with Gasteiger partial charge in [-0.2, -0.15) is 0 Å². The SMILES string of the molecule is Cc1ccc(C(=O)N2CC[C@@H](C(=O)O)C2)cc1Cl. The minimum atomic E-state index is -0.841. The zero-order chi connectivity index (χ0) is 13.3. The third-order valence-electron chi connectivity index (χ3n) is 3.24. The molecule has 0 bridgehead atoms. The van der Waals surface area contributed by atoms with Gasteiger partial charge in [0.05, 0.1) is 5.92 Å². The van der Waals surface area contributed by atoms with Gasteiger partial charge in [0.25, 0.3) is 5.91 Å². The molecule has 0 spiro atoms. The van der Waals surface area contributed by atoms with E-state index in [1.807, 2.05) is 6.92 Å². The highest BCUT2D eigenvalue weighted by atomic mass is 35.5. The van der Waals surface area contributed by atoms with Gasteiger partial charge in [-0.15, -0.1) is 0 Å². The lowest BCUT2D eigenvalue weighted by molar-refractivity contribution is -0.141. The van der Waals surface area contributed by atoms with Crippen molar-refractivity contribution < 1.29 is 14.7 Å². The average Bonchev–Trinajstić information content (AvgIpc) is 2.81. The number of likely N-dealkylation sites (tertiary alicyclic amines) is 1. The minimum absolute atomic E-state index is 0.152. The van der Waals surface area contributed by atoms with Crippen molar-refractivity contribution in [2.75, 3.05) is 13.1 Å². The van der Waals surface area contributed by atoms with Crippen LogP contribution in [0.15, 0.2) is 18.2 Å². The second-order valence-electron chi connectivity index (χ2n) is 4.54. The number of amides is 1. The second kappa shape index (κ2) is 4.98. The summed E-state index contributed by atoms with van der Waals surface area (Å²) in [4.78, 5) is 24.6. The van der Waals surface area contributed by atoms with Crippen LogP contribution in [0.1, 0.15) is 22.3 Å². The van der Waals surface area contributed by atoms with E-state index < -0.39 is 11.9 Å². The van der Waals surface area contributed by atoms with Crippen LogP contribution in [-0.4, -0.2) is 35.0 Å². The third-order valence-corrected chi connectivity index (χ3v) is 3.65. The average molecular weight is 268 g/mol. The Balaban J connectivity index is 2.12. The summed E-state index contributed by atoms with van der Waals surface area (Å²) in [5, 5.41) is 9.46. The lowest BCUT2D eigenvalue weighted by atomic mass is 10.1. The summed E-state index contributed by atoms with van der Waals surface area (Å²) < 4.78 is 0. The number of carboxylic acid groups (broad SMARTS) is 1. The van der Waals surface area contributed by atoms with E-state index in [0.29, 0.717) is 23.6 Å². The zero-order valence-corrected chi connectivity index (χ0v) is 10.8. The number of halogens is 1. The van der Waals surface area contributed by atoms with Gasteiger partial charge in [0.1, 0.15) is 0 Å². The first kappa shape index (κ1) is 12.9. The van der Waals surface area contributed by atoms with Crippen LogP contribution in [0.25, 0.3) is 0 Å². The van der Waals surface area contributed by atoms with Crippen LogP contribution in [0.5, 0.6) is 0 Å². The number of nitrogens with zero attached hydrogens (tertiary/aromatic N) is 1. The molecule has 96 valence electrons. The normalized spacial score (nSPS) is 19.0. The summed E-state index contributed by atoms with van der Waals surface area (Å²) in [5.74, 6) is -1.44. The summed E-state index contributed by atoms with van der Waals surface area (Å²) in [6.07, 6.45) is 0.515. The van der Waals surface area contributed by atoms with E-state index in [9.17, 15) is 9.59 Å². The van der Waals surface area contributed by atoms with Gasteiger partial charge in [0.15, 0.2) is 0 Å². The van der Waals surface area contributed by atoms with Gasteiger partial charge in [-0.1, -0.05) is 17.7 Å². The van der Waals surface area contributed by atoms with E-state index in [1.165, 1.54) is 0 Å². The number of carbonyl (C=O) groups is 2. The molecule has 4 nitrogen and oxygen atoms in total. The van der Waals surface area contributed by atoms with Gasteiger partial charge >= 0.3 is 5.97 Å². The fourth-order valence-corrected chi connectivity index (χ4v) is 2.24. The molecule has 18 heavy (non-hydrogen) atoms. The van der Waals surface area contributed by atoms with E-state index in [4.69, 9.17) is 16.7 Å². The predicted molar refractivity (Wildman–Crippen MR) is 67.8 cm³/mol. The standard InChI is InChI=1S/C13H14ClNO3/c1-8-2-3-9(6-11(8)14)12(16)15-5-4-10(7-15)13(17)18/h2-3,6,10H,4-5,7H2,1H3,(H,17,18)/t10-/m1/s1. The molecular formula is C13H14ClNO3. The summed E-state index contributed by atoms with van der Waals surface area (Å²) in [7, 11) is 0. The molecule has 5 heteroatoms. The van der Waals surface area contributed by atoms with Crippen LogP contribution in [0.4, 0.5) is 0 Å². The lowest BCUT2D eigenvalue weighted by Crippen LogP contribution is -2.29. The number of hydrogen-bond acceptors (Lipinski definition) is 2. The Labute approximate surface area is 110 Å². The van der Waals surface area contributed by atoms with Crippen molar-refractivity contribution in [1.82, 2.24) is 4.90 Å². The Hall–Kier alpha value is -1.55. The Kier molecular flexibility index (Phi) is 3.57. The molecule has 1 aliphatic rings. The van der Waals surface area contributed by atoms with E-state index in [0.717, 1.165) is 5.56 Å². The van der Waals surface area contributed by atoms with Gasteiger partial charge in [0, 0.05) is 23.7 Å². The molecule has 2 rings (SSSR count). The van der Waals surface area contributed by atoms with Crippen LogP contribution in [0.3, 0.4) is 0 Å². The van der Waals surface area contributed by atoms with E-state index >= 15 is 0 Å². The third kappa shape index (κ3) is 2.48. The van der Waals surface area contributed by atoms with E-state index in [1.54, 1.807) is 23.1 Å². The van der Waals surface area contributed by atoms with Crippen LogP contribution >= 0.6 is 11.6 Å². The topological polar surface area (TPSA) is 57.6 Å². The first-order valence-corrected chi connectivity index (χ1v) is 6.15. The van der Waals surface area contributed by atoms with Crippen molar-refractivity contribution >= 4 is 23.5 Å². The van der Waals surface area contributed by atoms with Gasteiger partial charge in [0.2, 0.25) is 0 Å². The van der Waals surface area contributed by atoms with Gasteiger partial charge in [-0.05, 0) is 31.0 Å². The second-order valence-corrected chi connectivity index (χ2v) is 4.95. The van der Waals surface area contributed by atoms with Crippen LogP contribution in [-0.2, 0) is 4.79 Å². The first-order valence-electron chi connectivity index (χ1n) is 5.77. The number of benzene rings is 1. The molecule has 0 aromatic heterocycles. The van der Waals surface area contributed by atoms with Crippen molar-refractivity contribution in [3.63, 3.8) is 0 Å². The molecule has 0 aliphatic carbocycles. The lowest BCUT2D eigenvalue weighted by Gasteiger charge is -2.16. The molecule has 1 amide bonds. The molecule has 1 atom stereocenters. The highest BCUT2D eigenvalue weighted by Gasteiger charge is 2.31. The van der Waals surface area contributed by atoms with Crippen molar-refractivity contribution in [3.05, 3.63) is 34.3 Å². The molecule has 1 heterocycles. The smallest absolute Gasteiger partial charge is 0.308 e. The zero-order valence-electron chi connectivity index (χ0n) is 10.0. The summed E-state index contributed by atoms with van der Waals surface area (Å²) in [6.45, 7) is 2.63. The first-order chi connectivity index (χ1) is 8.49. The minimum Gasteiger partial charge on any atom is -0.481 e. The number of hydrogen-bond donors (Lipinski definition) is 1. The van der Waals surface area contributed by atoms with Crippen LogP contribution in [0.2, 0.25) is 5.02 Å². The number of aryl methyl sites for hydroxylation is 1. The number of carbonyl (C=O) groups excluding carboxylic acids is 1. The molecule has 1 saturated heterocycles.